The number of carbonyl (C=O) groups is 1. The van der Waals surface area contributed by atoms with Crippen LogP contribution in [-0.4, -0.2) is 23.8 Å². The molecule has 0 aliphatic carbocycles. The number of aliphatic hydroxyl groups excluding tert-OH is 1. The first-order valence-electron chi connectivity index (χ1n) is 4.66. The highest BCUT2D eigenvalue weighted by atomic mass is 16.6. The number of ether oxygens (including phenoxy) is 1. The van der Waals surface area contributed by atoms with Gasteiger partial charge in [0.05, 0.1) is 13.0 Å². The summed E-state index contributed by atoms with van der Waals surface area (Å²) >= 11 is 0. The van der Waals surface area contributed by atoms with E-state index in [0.717, 1.165) is 5.56 Å². The van der Waals surface area contributed by atoms with Crippen LogP contribution in [0.1, 0.15) is 17.9 Å². The lowest BCUT2D eigenvalue weighted by Crippen LogP contribution is -2.18. The average Bonchev–Trinajstić information content (AvgIpc) is 2.61. The van der Waals surface area contributed by atoms with Crippen molar-refractivity contribution in [2.24, 2.45) is 0 Å². The number of benzene rings is 1. The second-order valence-corrected chi connectivity index (χ2v) is 3.43. The Morgan fingerprint density at radius 2 is 2.07 bits per heavy atom. The quantitative estimate of drug-likeness (QED) is 0.713. The van der Waals surface area contributed by atoms with Gasteiger partial charge in [0.25, 0.3) is 0 Å². The van der Waals surface area contributed by atoms with Crippen molar-refractivity contribution in [1.29, 1.82) is 0 Å². The highest BCUT2D eigenvalue weighted by Gasteiger charge is 2.34. The molecule has 0 aromatic heterocycles. The largest absolute Gasteiger partial charge is 0.459 e. The summed E-state index contributed by atoms with van der Waals surface area (Å²) in [4.78, 5) is 11.1. The van der Waals surface area contributed by atoms with Gasteiger partial charge in [-0.2, -0.15) is 0 Å². The Bertz CT molecular complexity index is 321. The van der Waals surface area contributed by atoms with Crippen LogP contribution in [0.5, 0.6) is 0 Å². The molecular weight excluding hydrogens is 180 g/mol. The van der Waals surface area contributed by atoms with Gasteiger partial charge in [0.15, 0.2) is 0 Å². The van der Waals surface area contributed by atoms with Gasteiger partial charge in [0.2, 0.25) is 0 Å². The summed E-state index contributed by atoms with van der Waals surface area (Å²) in [6.45, 7) is -0.106. The molecule has 1 aromatic rings. The van der Waals surface area contributed by atoms with Gasteiger partial charge in [0, 0.05) is 5.92 Å². The van der Waals surface area contributed by atoms with Crippen molar-refractivity contribution < 1.29 is 14.6 Å². The molecule has 0 saturated carbocycles. The Labute approximate surface area is 82.3 Å². The fraction of sp³-hybridized carbons (Fsp3) is 0.364. The Morgan fingerprint density at radius 1 is 1.36 bits per heavy atom. The minimum atomic E-state index is -0.370. The van der Waals surface area contributed by atoms with Gasteiger partial charge >= 0.3 is 5.97 Å². The summed E-state index contributed by atoms with van der Waals surface area (Å²) in [7, 11) is 0. The molecule has 1 saturated heterocycles. The van der Waals surface area contributed by atoms with Crippen LogP contribution in [0, 0.1) is 0 Å². The molecule has 1 aromatic carbocycles. The number of rotatable bonds is 2. The van der Waals surface area contributed by atoms with Gasteiger partial charge in [-0.15, -0.1) is 0 Å². The monoisotopic (exact) mass is 192 g/mol. The number of hydrogen-bond acceptors (Lipinski definition) is 3. The molecule has 1 aliphatic rings. The Balaban J connectivity index is 2.22. The van der Waals surface area contributed by atoms with E-state index >= 15 is 0 Å². The second-order valence-electron chi connectivity index (χ2n) is 3.43. The van der Waals surface area contributed by atoms with Gasteiger partial charge in [0.1, 0.15) is 6.10 Å². The zero-order valence-electron chi connectivity index (χ0n) is 7.72. The number of cyclic esters (lactones) is 1. The van der Waals surface area contributed by atoms with E-state index in [1.807, 2.05) is 30.3 Å². The van der Waals surface area contributed by atoms with E-state index in [-0.39, 0.29) is 24.6 Å². The number of carbonyl (C=O) groups excluding carboxylic acids is 1. The van der Waals surface area contributed by atoms with E-state index in [9.17, 15) is 4.79 Å². The first-order chi connectivity index (χ1) is 6.81. The van der Waals surface area contributed by atoms with Crippen LogP contribution in [0.2, 0.25) is 0 Å². The average molecular weight is 192 g/mol. The van der Waals surface area contributed by atoms with Crippen LogP contribution in [0.3, 0.4) is 0 Å². The lowest BCUT2D eigenvalue weighted by molar-refractivity contribution is -0.142. The number of esters is 1. The Morgan fingerprint density at radius 3 is 2.71 bits per heavy atom. The smallest absolute Gasteiger partial charge is 0.306 e. The topological polar surface area (TPSA) is 46.5 Å². The molecule has 0 radical (unpaired) electrons. The molecule has 0 spiro atoms. The predicted octanol–water partition coefficient (Wildman–Crippen LogP) is 1.08. The van der Waals surface area contributed by atoms with Gasteiger partial charge < -0.3 is 9.84 Å². The van der Waals surface area contributed by atoms with E-state index in [2.05, 4.69) is 0 Å². The van der Waals surface area contributed by atoms with Gasteiger partial charge in [-0.05, 0) is 5.56 Å². The van der Waals surface area contributed by atoms with Crippen LogP contribution in [-0.2, 0) is 9.53 Å². The normalized spacial score (nSPS) is 26.2. The van der Waals surface area contributed by atoms with Crippen molar-refractivity contribution in [3.8, 4) is 0 Å². The molecule has 1 heterocycles. The molecule has 2 rings (SSSR count). The highest BCUT2D eigenvalue weighted by molar-refractivity contribution is 5.73. The first-order valence-corrected chi connectivity index (χ1v) is 4.66. The standard InChI is InChI=1S/C11H12O3/c12-7-10-9(6-11(13)14-10)8-4-2-1-3-5-8/h1-5,9-10,12H,6-7H2/t9-,10+/m1/s1. The lowest BCUT2D eigenvalue weighted by Gasteiger charge is -2.14. The van der Waals surface area contributed by atoms with E-state index < -0.39 is 0 Å². The summed E-state index contributed by atoms with van der Waals surface area (Å²) < 4.78 is 4.99. The Hall–Kier alpha value is -1.35. The third kappa shape index (κ3) is 1.63. The highest BCUT2D eigenvalue weighted by Crippen LogP contribution is 2.31. The summed E-state index contributed by atoms with van der Waals surface area (Å²) in [5, 5.41) is 9.04. The van der Waals surface area contributed by atoms with E-state index in [0.29, 0.717) is 6.42 Å². The summed E-state index contributed by atoms with van der Waals surface area (Å²) in [5.41, 5.74) is 1.05. The van der Waals surface area contributed by atoms with Crippen LogP contribution in [0.15, 0.2) is 30.3 Å². The van der Waals surface area contributed by atoms with Crippen LogP contribution in [0.25, 0.3) is 0 Å². The predicted molar refractivity (Wildman–Crippen MR) is 50.8 cm³/mol. The maximum Gasteiger partial charge on any atom is 0.306 e. The van der Waals surface area contributed by atoms with E-state index in [1.165, 1.54) is 0 Å². The van der Waals surface area contributed by atoms with Crippen LogP contribution >= 0.6 is 0 Å². The summed E-state index contributed by atoms with van der Waals surface area (Å²) in [6, 6.07) is 9.68. The van der Waals surface area contributed by atoms with Crippen molar-refractivity contribution in [3.63, 3.8) is 0 Å². The first kappa shape index (κ1) is 9.21. The molecule has 1 aliphatic heterocycles. The van der Waals surface area contributed by atoms with Crippen LogP contribution in [0.4, 0.5) is 0 Å². The molecule has 3 heteroatoms. The minimum absolute atomic E-state index is 0.00806. The molecule has 0 unspecified atom stereocenters. The van der Waals surface area contributed by atoms with Crippen molar-refractivity contribution in [2.45, 2.75) is 18.4 Å². The van der Waals surface area contributed by atoms with Crippen molar-refractivity contribution in [2.75, 3.05) is 6.61 Å². The lowest BCUT2D eigenvalue weighted by atomic mass is 9.93. The van der Waals surface area contributed by atoms with Gasteiger partial charge in [-0.3, -0.25) is 4.79 Å². The molecule has 74 valence electrons. The minimum Gasteiger partial charge on any atom is -0.459 e. The molecule has 0 amide bonds. The maximum absolute atomic E-state index is 11.1. The van der Waals surface area contributed by atoms with Gasteiger partial charge in [-0.25, -0.2) is 0 Å². The molecule has 2 atom stereocenters. The molecular formula is C11H12O3. The number of aliphatic hydroxyl groups is 1. The fourth-order valence-electron chi connectivity index (χ4n) is 1.81. The maximum atomic E-state index is 11.1. The van der Waals surface area contributed by atoms with Crippen LogP contribution < -0.4 is 0 Å². The van der Waals surface area contributed by atoms with Crippen molar-refractivity contribution >= 4 is 5.97 Å². The Kier molecular flexibility index (Phi) is 2.50. The fourth-order valence-corrected chi connectivity index (χ4v) is 1.81. The van der Waals surface area contributed by atoms with Crippen molar-refractivity contribution in [1.82, 2.24) is 0 Å². The SMILES string of the molecule is O=C1C[C@H](c2ccccc2)[C@H](CO)O1. The summed E-state index contributed by atoms with van der Waals surface area (Å²) in [6.07, 6.45) is -0.000185. The molecule has 1 N–H and O–H groups in total. The second kappa shape index (κ2) is 3.80. The number of hydrogen-bond donors (Lipinski definition) is 1. The zero-order chi connectivity index (χ0) is 9.97. The molecule has 1 fully saturated rings. The molecule has 14 heavy (non-hydrogen) atoms. The van der Waals surface area contributed by atoms with E-state index in [4.69, 9.17) is 9.84 Å². The molecule has 0 bridgehead atoms. The van der Waals surface area contributed by atoms with E-state index in [1.54, 1.807) is 0 Å². The third-order valence-corrected chi connectivity index (χ3v) is 2.53. The van der Waals surface area contributed by atoms with Crippen molar-refractivity contribution in [3.05, 3.63) is 35.9 Å². The molecule has 3 nitrogen and oxygen atoms in total. The third-order valence-electron chi connectivity index (χ3n) is 2.53. The summed E-state index contributed by atoms with van der Waals surface area (Å²) in [5.74, 6) is -0.216. The van der Waals surface area contributed by atoms with Gasteiger partial charge in [-0.1, -0.05) is 30.3 Å². The zero-order valence-corrected chi connectivity index (χ0v) is 7.72.